The third-order valence-corrected chi connectivity index (χ3v) is 4.38. The highest BCUT2D eigenvalue weighted by Gasteiger charge is 2.21. The van der Waals surface area contributed by atoms with Gasteiger partial charge in [-0.05, 0) is 24.2 Å². The maximum atomic E-state index is 9.08. The number of aliphatic hydroxyl groups excluding tert-OH is 1. The second-order valence-electron chi connectivity index (χ2n) is 6.11. The smallest absolute Gasteiger partial charge is 0.0456 e. The minimum atomic E-state index is 0.366. The molecule has 1 heteroatoms. The van der Waals surface area contributed by atoms with Crippen LogP contribution in [0.3, 0.4) is 0 Å². The predicted octanol–water partition coefficient (Wildman–Crippen LogP) is 4.60. The summed E-state index contributed by atoms with van der Waals surface area (Å²) in [6.45, 7) is 6.43. The van der Waals surface area contributed by atoms with Crippen molar-refractivity contribution in [3.05, 3.63) is 6.92 Å². The van der Waals surface area contributed by atoms with Crippen molar-refractivity contribution in [3.63, 3.8) is 0 Å². The summed E-state index contributed by atoms with van der Waals surface area (Å²) in [5.74, 6) is 2.40. The highest BCUT2D eigenvalue weighted by molar-refractivity contribution is 4.74. The molecule has 1 aliphatic carbocycles. The molecule has 0 aliphatic heterocycles. The summed E-state index contributed by atoms with van der Waals surface area (Å²) in [5.41, 5.74) is 0. The Bertz CT molecular complexity index is 170. The fourth-order valence-electron chi connectivity index (χ4n) is 3.19. The Balaban J connectivity index is 2.05. The van der Waals surface area contributed by atoms with Crippen molar-refractivity contribution in [2.75, 3.05) is 6.61 Å². The van der Waals surface area contributed by atoms with Crippen LogP contribution in [-0.4, -0.2) is 11.7 Å². The van der Waals surface area contributed by atoms with E-state index < -0.39 is 0 Å². The van der Waals surface area contributed by atoms with Gasteiger partial charge in [-0.2, -0.15) is 0 Å². The molecule has 1 N–H and O–H groups in total. The molecule has 0 amide bonds. The summed E-state index contributed by atoms with van der Waals surface area (Å²) < 4.78 is 0. The van der Waals surface area contributed by atoms with Crippen molar-refractivity contribution in [2.45, 2.75) is 71.1 Å². The standard InChI is InChI=1S/C16H31O/c1-3-4-5-6-7-15-8-10-16(11-9-15)12-14(2)13-17/h14-17H,1,3-13H2,2H3. The quantitative estimate of drug-likeness (QED) is 0.614. The minimum absolute atomic E-state index is 0.366. The third kappa shape index (κ3) is 6.45. The van der Waals surface area contributed by atoms with Crippen molar-refractivity contribution in [2.24, 2.45) is 17.8 Å². The highest BCUT2D eigenvalue weighted by atomic mass is 16.3. The molecule has 1 saturated carbocycles. The Labute approximate surface area is 108 Å². The van der Waals surface area contributed by atoms with Gasteiger partial charge in [-0.15, -0.1) is 0 Å². The Morgan fingerprint density at radius 2 is 1.71 bits per heavy atom. The Kier molecular flexibility index (Phi) is 7.92. The van der Waals surface area contributed by atoms with E-state index in [4.69, 9.17) is 5.11 Å². The van der Waals surface area contributed by atoms with E-state index in [0.29, 0.717) is 12.5 Å². The molecule has 17 heavy (non-hydrogen) atoms. The maximum Gasteiger partial charge on any atom is 0.0456 e. The summed E-state index contributed by atoms with van der Waals surface area (Å²) in [6.07, 6.45) is 13.6. The molecule has 1 nitrogen and oxygen atoms in total. The van der Waals surface area contributed by atoms with E-state index in [-0.39, 0.29) is 0 Å². The molecular weight excluding hydrogens is 208 g/mol. The maximum absolute atomic E-state index is 9.08. The Hall–Kier alpha value is -0.0400. The Morgan fingerprint density at radius 3 is 2.29 bits per heavy atom. The zero-order valence-corrected chi connectivity index (χ0v) is 11.7. The van der Waals surface area contributed by atoms with E-state index in [2.05, 4.69) is 13.8 Å². The molecule has 0 aromatic heterocycles. The van der Waals surface area contributed by atoms with Gasteiger partial charge in [-0.3, -0.25) is 0 Å². The highest BCUT2D eigenvalue weighted by Crippen LogP contribution is 2.35. The number of aliphatic hydroxyl groups is 1. The van der Waals surface area contributed by atoms with Crippen molar-refractivity contribution in [3.8, 4) is 0 Å². The van der Waals surface area contributed by atoms with Crippen LogP contribution >= 0.6 is 0 Å². The third-order valence-electron chi connectivity index (χ3n) is 4.38. The van der Waals surface area contributed by atoms with Crippen molar-refractivity contribution < 1.29 is 5.11 Å². The number of rotatable bonds is 8. The lowest BCUT2D eigenvalue weighted by atomic mass is 9.77. The van der Waals surface area contributed by atoms with Gasteiger partial charge in [-0.1, -0.05) is 71.6 Å². The largest absolute Gasteiger partial charge is 0.396 e. The molecule has 1 aliphatic rings. The number of hydrogen-bond acceptors (Lipinski definition) is 1. The Morgan fingerprint density at radius 1 is 1.06 bits per heavy atom. The molecule has 1 radical (unpaired) electrons. The van der Waals surface area contributed by atoms with Crippen molar-refractivity contribution >= 4 is 0 Å². The molecule has 1 unspecified atom stereocenters. The van der Waals surface area contributed by atoms with Crippen LogP contribution in [0.5, 0.6) is 0 Å². The van der Waals surface area contributed by atoms with E-state index in [1.165, 1.54) is 57.8 Å². The minimum Gasteiger partial charge on any atom is -0.396 e. The van der Waals surface area contributed by atoms with Gasteiger partial charge >= 0.3 is 0 Å². The van der Waals surface area contributed by atoms with E-state index in [9.17, 15) is 0 Å². The molecular formula is C16H31O. The van der Waals surface area contributed by atoms with E-state index >= 15 is 0 Å². The average Bonchev–Trinajstić information content (AvgIpc) is 2.36. The van der Waals surface area contributed by atoms with Gasteiger partial charge < -0.3 is 5.11 Å². The zero-order chi connectivity index (χ0) is 12.5. The first-order valence-corrected chi connectivity index (χ1v) is 7.66. The van der Waals surface area contributed by atoms with Gasteiger partial charge in [0.2, 0.25) is 0 Å². The monoisotopic (exact) mass is 239 g/mol. The SMILES string of the molecule is [CH2]CCCCCC1CCC(CC(C)CO)CC1. The fraction of sp³-hybridized carbons (Fsp3) is 0.938. The molecule has 1 fully saturated rings. The van der Waals surface area contributed by atoms with Crippen LogP contribution in [0.1, 0.15) is 71.1 Å². The lowest BCUT2D eigenvalue weighted by Gasteiger charge is -2.29. The first kappa shape index (κ1) is 15.0. The van der Waals surface area contributed by atoms with E-state index in [1.54, 1.807) is 0 Å². The van der Waals surface area contributed by atoms with Gasteiger partial charge in [0.15, 0.2) is 0 Å². The van der Waals surface area contributed by atoms with E-state index in [1.807, 2.05) is 0 Å². The first-order chi connectivity index (χ1) is 8.26. The number of unbranched alkanes of at least 4 members (excludes halogenated alkanes) is 3. The molecule has 0 spiro atoms. The molecule has 0 bridgehead atoms. The summed E-state index contributed by atoms with van der Waals surface area (Å²) in [7, 11) is 0. The fourth-order valence-corrected chi connectivity index (χ4v) is 3.19. The van der Waals surface area contributed by atoms with Gasteiger partial charge in [0.1, 0.15) is 0 Å². The molecule has 1 rings (SSSR count). The van der Waals surface area contributed by atoms with Gasteiger partial charge in [0.25, 0.3) is 0 Å². The molecule has 0 heterocycles. The van der Waals surface area contributed by atoms with Crippen LogP contribution < -0.4 is 0 Å². The van der Waals surface area contributed by atoms with Crippen LogP contribution in [0.2, 0.25) is 0 Å². The van der Waals surface area contributed by atoms with Crippen LogP contribution in [-0.2, 0) is 0 Å². The van der Waals surface area contributed by atoms with Crippen molar-refractivity contribution in [1.82, 2.24) is 0 Å². The van der Waals surface area contributed by atoms with Gasteiger partial charge in [-0.25, -0.2) is 0 Å². The lowest BCUT2D eigenvalue weighted by Crippen LogP contribution is -2.17. The topological polar surface area (TPSA) is 20.2 Å². The summed E-state index contributed by atoms with van der Waals surface area (Å²) >= 11 is 0. The van der Waals surface area contributed by atoms with Crippen LogP contribution in [0.15, 0.2) is 0 Å². The molecule has 0 saturated heterocycles. The van der Waals surface area contributed by atoms with Crippen LogP contribution in [0, 0.1) is 24.7 Å². The number of hydrogen-bond donors (Lipinski definition) is 1. The summed E-state index contributed by atoms with van der Waals surface area (Å²) in [4.78, 5) is 0. The molecule has 1 atom stereocenters. The van der Waals surface area contributed by atoms with Gasteiger partial charge in [0, 0.05) is 6.61 Å². The normalized spacial score (nSPS) is 27.0. The molecule has 101 valence electrons. The van der Waals surface area contributed by atoms with Crippen LogP contribution in [0.25, 0.3) is 0 Å². The lowest BCUT2D eigenvalue weighted by molar-refractivity contribution is 0.179. The average molecular weight is 239 g/mol. The van der Waals surface area contributed by atoms with Gasteiger partial charge in [0.05, 0.1) is 0 Å². The predicted molar refractivity (Wildman–Crippen MR) is 74.8 cm³/mol. The molecule has 0 aromatic carbocycles. The van der Waals surface area contributed by atoms with Crippen molar-refractivity contribution in [1.29, 1.82) is 0 Å². The van der Waals surface area contributed by atoms with Crippen LogP contribution in [0.4, 0.5) is 0 Å². The molecule has 0 aromatic rings. The first-order valence-electron chi connectivity index (χ1n) is 7.66. The second-order valence-corrected chi connectivity index (χ2v) is 6.11. The second kappa shape index (κ2) is 8.97. The zero-order valence-electron chi connectivity index (χ0n) is 11.7. The summed E-state index contributed by atoms with van der Waals surface area (Å²) in [5, 5.41) is 9.08. The summed E-state index contributed by atoms with van der Waals surface area (Å²) in [6, 6.07) is 0. The van der Waals surface area contributed by atoms with E-state index in [0.717, 1.165) is 18.3 Å².